The van der Waals surface area contributed by atoms with Crippen molar-refractivity contribution in [3.8, 4) is 11.8 Å². The smallest absolute Gasteiger partial charge is 0.120 e. The molecule has 0 saturated heterocycles. The summed E-state index contributed by atoms with van der Waals surface area (Å²) in [5, 5.41) is 9.30. The van der Waals surface area contributed by atoms with E-state index in [1.54, 1.807) is 30.9 Å². The third kappa shape index (κ3) is 2.40. The zero-order chi connectivity index (χ0) is 9.19. The Bertz CT molecular complexity index is 322. The number of rotatable bonds is 0. The van der Waals surface area contributed by atoms with Crippen molar-refractivity contribution in [2.75, 3.05) is 0 Å². The molecule has 1 aromatic rings. The molecule has 0 aliphatic rings. The molecule has 0 fully saturated rings. The second-order valence-corrected chi connectivity index (χ2v) is 3.20. The van der Waals surface area contributed by atoms with Crippen molar-refractivity contribution in [3.05, 3.63) is 18.2 Å². The minimum Gasteiger partial charge on any atom is -0.378 e. The number of aliphatic hydroxyl groups is 1. The third-order valence-corrected chi connectivity index (χ3v) is 1.31. The average Bonchev–Trinajstić information content (AvgIpc) is 2.29. The van der Waals surface area contributed by atoms with E-state index in [0.717, 1.165) is 5.69 Å². The summed E-state index contributed by atoms with van der Waals surface area (Å²) in [4.78, 5) is 3.90. The normalized spacial score (nSPS) is 10.7. The first-order valence-corrected chi connectivity index (χ1v) is 3.71. The summed E-state index contributed by atoms with van der Waals surface area (Å²) in [6, 6.07) is 0. The molecule has 0 aliphatic carbocycles. The van der Waals surface area contributed by atoms with E-state index in [2.05, 4.69) is 16.8 Å². The average molecular weight is 164 g/mol. The quantitative estimate of drug-likeness (QED) is 0.568. The summed E-state index contributed by atoms with van der Waals surface area (Å²) < 4.78 is 1.80. The summed E-state index contributed by atoms with van der Waals surface area (Å²) in [7, 11) is 1.86. The standard InChI is InChI=1S/C9H12N2O/c1-9(2,12)5-4-8-6-10-7-11(8)3/h6-7,12H,1-3H3. The number of imidazole rings is 1. The van der Waals surface area contributed by atoms with Crippen molar-refractivity contribution in [1.29, 1.82) is 0 Å². The molecule has 1 N–H and O–H groups in total. The summed E-state index contributed by atoms with van der Waals surface area (Å²) in [5.74, 6) is 5.54. The second kappa shape index (κ2) is 3.00. The fourth-order valence-electron chi connectivity index (χ4n) is 0.695. The largest absolute Gasteiger partial charge is 0.378 e. The van der Waals surface area contributed by atoms with E-state index in [0.29, 0.717) is 0 Å². The van der Waals surface area contributed by atoms with Crippen LogP contribution in [0.15, 0.2) is 12.5 Å². The molecule has 0 aromatic carbocycles. The molecule has 0 aliphatic heterocycles. The maximum absolute atomic E-state index is 9.30. The van der Waals surface area contributed by atoms with Crippen LogP contribution in [0.1, 0.15) is 19.5 Å². The highest BCUT2D eigenvalue weighted by atomic mass is 16.3. The molecule has 0 atom stereocenters. The maximum atomic E-state index is 9.30. The molecule has 0 radical (unpaired) electrons. The molecule has 0 amide bonds. The van der Waals surface area contributed by atoms with E-state index in [4.69, 9.17) is 0 Å². The number of hydrogen-bond acceptors (Lipinski definition) is 2. The van der Waals surface area contributed by atoms with Crippen LogP contribution in [0.5, 0.6) is 0 Å². The molecule has 3 heteroatoms. The van der Waals surface area contributed by atoms with Crippen molar-refractivity contribution in [2.45, 2.75) is 19.4 Å². The van der Waals surface area contributed by atoms with E-state index in [9.17, 15) is 5.11 Å². The predicted octanol–water partition coefficient (Wildman–Crippen LogP) is 0.542. The van der Waals surface area contributed by atoms with Crippen molar-refractivity contribution in [3.63, 3.8) is 0 Å². The molecule has 1 rings (SSSR count). The van der Waals surface area contributed by atoms with Gasteiger partial charge in [-0.1, -0.05) is 5.92 Å². The van der Waals surface area contributed by atoms with Gasteiger partial charge in [-0.2, -0.15) is 0 Å². The summed E-state index contributed by atoms with van der Waals surface area (Å²) in [6.45, 7) is 3.30. The zero-order valence-electron chi connectivity index (χ0n) is 7.50. The molecular formula is C9H12N2O. The fraction of sp³-hybridized carbons (Fsp3) is 0.444. The summed E-state index contributed by atoms with van der Waals surface area (Å²) in [6.07, 6.45) is 3.34. The van der Waals surface area contributed by atoms with Crippen LogP contribution < -0.4 is 0 Å². The predicted molar refractivity (Wildman–Crippen MR) is 46.4 cm³/mol. The van der Waals surface area contributed by atoms with Gasteiger partial charge in [-0.15, -0.1) is 0 Å². The first-order chi connectivity index (χ1) is 5.49. The fourth-order valence-corrected chi connectivity index (χ4v) is 0.695. The summed E-state index contributed by atoms with van der Waals surface area (Å²) in [5.41, 5.74) is -0.137. The Morgan fingerprint density at radius 2 is 2.25 bits per heavy atom. The number of hydrogen-bond donors (Lipinski definition) is 1. The Hall–Kier alpha value is -1.27. The third-order valence-electron chi connectivity index (χ3n) is 1.31. The van der Waals surface area contributed by atoms with Gasteiger partial charge in [-0.05, 0) is 19.8 Å². The van der Waals surface area contributed by atoms with Crippen LogP contribution in [-0.4, -0.2) is 20.3 Å². The first-order valence-electron chi connectivity index (χ1n) is 3.71. The lowest BCUT2D eigenvalue weighted by atomic mass is 10.1. The van der Waals surface area contributed by atoms with Crippen molar-refractivity contribution in [2.24, 2.45) is 7.05 Å². The lowest BCUT2D eigenvalue weighted by Gasteiger charge is -2.05. The Labute approximate surface area is 72.1 Å². The molecule has 0 unspecified atom stereocenters. The molecule has 3 nitrogen and oxygen atoms in total. The Kier molecular flexibility index (Phi) is 2.20. The van der Waals surface area contributed by atoms with Crippen molar-refractivity contribution < 1.29 is 5.11 Å². The van der Waals surface area contributed by atoms with Crippen LogP contribution in [0, 0.1) is 11.8 Å². The van der Waals surface area contributed by atoms with Gasteiger partial charge < -0.3 is 9.67 Å². The number of nitrogens with zero attached hydrogens (tertiary/aromatic N) is 2. The zero-order valence-corrected chi connectivity index (χ0v) is 7.50. The highest BCUT2D eigenvalue weighted by molar-refractivity contribution is 5.28. The van der Waals surface area contributed by atoms with E-state index >= 15 is 0 Å². The Balaban J connectivity index is 2.87. The maximum Gasteiger partial charge on any atom is 0.120 e. The van der Waals surface area contributed by atoms with Gasteiger partial charge in [0, 0.05) is 7.05 Å². The molecule has 0 bridgehead atoms. The SMILES string of the molecule is Cn1cncc1C#CC(C)(C)O. The number of aromatic nitrogens is 2. The van der Waals surface area contributed by atoms with Crippen LogP contribution in [-0.2, 0) is 7.05 Å². The van der Waals surface area contributed by atoms with Gasteiger partial charge in [0.15, 0.2) is 0 Å². The van der Waals surface area contributed by atoms with Crippen LogP contribution in [0.3, 0.4) is 0 Å². The molecule has 0 saturated carbocycles. The Morgan fingerprint density at radius 3 is 2.67 bits per heavy atom. The molecule has 64 valence electrons. The van der Waals surface area contributed by atoms with Gasteiger partial charge in [-0.3, -0.25) is 0 Å². The van der Waals surface area contributed by atoms with Gasteiger partial charge in [0.05, 0.1) is 12.5 Å². The lowest BCUT2D eigenvalue weighted by Crippen LogP contribution is -2.14. The van der Waals surface area contributed by atoms with Crippen LogP contribution >= 0.6 is 0 Å². The molecule has 0 spiro atoms. The van der Waals surface area contributed by atoms with Gasteiger partial charge in [-0.25, -0.2) is 4.98 Å². The van der Waals surface area contributed by atoms with E-state index < -0.39 is 5.60 Å². The second-order valence-electron chi connectivity index (χ2n) is 3.20. The van der Waals surface area contributed by atoms with E-state index in [1.165, 1.54) is 0 Å². The monoisotopic (exact) mass is 164 g/mol. The van der Waals surface area contributed by atoms with Crippen LogP contribution in [0.25, 0.3) is 0 Å². The first kappa shape index (κ1) is 8.82. The van der Waals surface area contributed by atoms with E-state index in [-0.39, 0.29) is 0 Å². The highest BCUT2D eigenvalue weighted by Crippen LogP contribution is 1.99. The van der Waals surface area contributed by atoms with Crippen molar-refractivity contribution >= 4 is 0 Å². The van der Waals surface area contributed by atoms with Crippen molar-refractivity contribution in [1.82, 2.24) is 9.55 Å². The molecular weight excluding hydrogens is 152 g/mol. The van der Waals surface area contributed by atoms with Crippen LogP contribution in [0.2, 0.25) is 0 Å². The molecule has 1 heterocycles. The van der Waals surface area contributed by atoms with E-state index in [1.807, 2.05) is 7.05 Å². The molecule has 1 aromatic heterocycles. The Morgan fingerprint density at radius 1 is 1.58 bits per heavy atom. The minimum atomic E-state index is -0.940. The molecule has 12 heavy (non-hydrogen) atoms. The topological polar surface area (TPSA) is 38.0 Å². The minimum absolute atomic E-state index is 0.803. The van der Waals surface area contributed by atoms with Gasteiger partial charge in [0.25, 0.3) is 0 Å². The van der Waals surface area contributed by atoms with Gasteiger partial charge in [0.2, 0.25) is 0 Å². The van der Waals surface area contributed by atoms with Crippen LogP contribution in [0.4, 0.5) is 0 Å². The highest BCUT2D eigenvalue weighted by Gasteiger charge is 2.05. The van der Waals surface area contributed by atoms with Gasteiger partial charge >= 0.3 is 0 Å². The van der Waals surface area contributed by atoms with Gasteiger partial charge in [0.1, 0.15) is 11.3 Å². The lowest BCUT2D eigenvalue weighted by molar-refractivity contribution is 0.143. The summed E-state index contributed by atoms with van der Waals surface area (Å²) >= 11 is 0. The number of aryl methyl sites for hydroxylation is 1.